The molecular weight excluding hydrogens is 318 g/mol. The maximum atomic E-state index is 4.63. The van der Waals surface area contributed by atoms with Crippen LogP contribution >= 0.6 is 15.9 Å². The van der Waals surface area contributed by atoms with Crippen molar-refractivity contribution in [2.75, 3.05) is 11.9 Å². The summed E-state index contributed by atoms with van der Waals surface area (Å²) in [6, 6.07) is 0. The highest BCUT2D eigenvalue weighted by Gasteiger charge is 2.14. The number of rotatable bonds is 5. The van der Waals surface area contributed by atoms with Crippen LogP contribution in [-0.4, -0.2) is 26.5 Å². The molecule has 106 valence electrons. The topological polar surface area (TPSA) is 63.6 Å². The molecule has 2 aromatic heterocycles. The molecule has 2 aromatic rings. The molecule has 0 atom stereocenters. The Morgan fingerprint density at radius 1 is 1.25 bits per heavy atom. The monoisotopic (exact) mass is 335 g/mol. The molecule has 0 saturated carbocycles. The lowest BCUT2D eigenvalue weighted by Crippen LogP contribution is -2.08. The van der Waals surface area contributed by atoms with Crippen LogP contribution < -0.4 is 5.32 Å². The van der Waals surface area contributed by atoms with Crippen molar-refractivity contribution in [2.45, 2.75) is 27.2 Å². The summed E-state index contributed by atoms with van der Waals surface area (Å²) in [6.45, 7) is 7.18. The molecule has 0 amide bonds. The molecule has 0 saturated heterocycles. The second-order valence-corrected chi connectivity index (χ2v) is 5.67. The highest BCUT2D eigenvalue weighted by Crippen LogP contribution is 2.28. The van der Waals surface area contributed by atoms with E-state index in [1.807, 2.05) is 6.92 Å². The van der Waals surface area contributed by atoms with Crippen molar-refractivity contribution < 1.29 is 0 Å². The van der Waals surface area contributed by atoms with Crippen molar-refractivity contribution in [3.63, 3.8) is 0 Å². The number of aromatic nitrogens is 4. The summed E-state index contributed by atoms with van der Waals surface area (Å²) in [5.74, 6) is 1.93. The molecule has 2 rings (SSSR count). The van der Waals surface area contributed by atoms with Gasteiger partial charge in [0, 0.05) is 18.9 Å². The first kappa shape index (κ1) is 14.8. The number of halogens is 1. The minimum absolute atomic E-state index is 0.519. The van der Waals surface area contributed by atoms with Crippen LogP contribution in [0.15, 0.2) is 23.1 Å². The van der Waals surface area contributed by atoms with Gasteiger partial charge in [-0.15, -0.1) is 0 Å². The number of hydrogen-bond donors (Lipinski definition) is 1. The molecule has 0 bridgehead atoms. The third-order valence-electron chi connectivity index (χ3n) is 2.66. The minimum atomic E-state index is 0.519. The summed E-state index contributed by atoms with van der Waals surface area (Å²) < 4.78 is 0.931. The SMILES string of the molecule is CCNc1nc(-c2cnccn2)nc(CC(C)C)c1Br. The van der Waals surface area contributed by atoms with Gasteiger partial charge in [0.2, 0.25) is 0 Å². The zero-order valence-electron chi connectivity index (χ0n) is 11.9. The third-order valence-corrected chi connectivity index (χ3v) is 3.49. The fraction of sp³-hybridized carbons (Fsp3) is 0.429. The van der Waals surface area contributed by atoms with Crippen LogP contribution in [0.4, 0.5) is 5.82 Å². The van der Waals surface area contributed by atoms with Gasteiger partial charge in [0.25, 0.3) is 0 Å². The Hall–Kier alpha value is -1.56. The van der Waals surface area contributed by atoms with Gasteiger partial charge in [0.1, 0.15) is 11.5 Å². The first-order valence-electron chi connectivity index (χ1n) is 6.68. The van der Waals surface area contributed by atoms with Gasteiger partial charge in [-0.1, -0.05) is 13.8 Å². The van der Waals surface area contributed by atoms with E-state index in [0.29, 0.717) is 17.4 Å². The van der Waals surface area contributed by atoms with E-state index in [2.05, 4.69) is 55.0 Å². The van der Waals surface area contributed by atoms with Crippen molar-refractivity contribution in [2.24, 2.45) is 5.92 Å². The Kier molecular flexibility index (Phi) is 5.00. The third kappa shape index (κ3) is 3.50. The van der Waals surface area contributed by atoms with E-state index in [0.717, 1.165) is 29.0 Å². The molecule has 6 heteroatoms. The standard InChI is InChI=1S/C14H18BrN5/c1-4-17-14-12(15)10(7-9(2)3)19-13(20-14)11-8-16-5-6-18-11/h5-6,8-9H,4,7H2,1-3H3,(H,17,19,20). The summed E-state index contributed by atoms with van der Waals surface area (Å²) in [6.07, 6.45) is 5.85. The molecule has 0 unspecified atom stereocenters. The van der Waals surface area contributed by atoms with Crippen molar-refractivity contribution in [3.05, 3.63) is 28.8 Å². The van der Waals surface area contributed by atoms with Crippen LogP contribution in [0.2, 0.25) is 0 Å². The first-order valence-corrected chi connectivity index (χ1v) is 7.47. The predicted molar refractivity (Wildman–Crippen MR) is 83.5 cm³/mol. The van der Waals surface area contributed by atoms with Crippen molar-refractivity contribution in [1.29, 1.82) is 0 Å². The van der Waals surface area contributed by atoms with Crippen LogP contribution in [0.1, 0.15) is 26.5 Å². The van der Waals surface area contributed by atoms with E-state index in [1.165, 1.54) is 0 Å². The Labute approximate surface area is 127 Å². The predicted octanol–water partition coefficient (Wildman–Crippen LogP) is 3.33. The van der Waals surface area contributed by atoms with E-state index in [9.17, 15) is 0 Å². The lowest BCUT2D eigenvalue weighted by atomic mass is 10.1. The maximum Gasteiger partial charge on any atom is 0.182 e. The van der Waals surface area contributed by atoms with E-state index in [4.69, 9.17) is 0 Å². The molecule has 0 fully saturated rings. The molecule has 0 spiro atoms. The van der Waals surface area contributed by atoms with Gasteiger partial charge in [0.15, 0.2) is 5.82 Å². The molecule has 0 aromatic carbocycles. The van der Waals surface area contributed by atoms with E-state index >= 15 is 0 Å². The van der Waals surface area contributed by atoms with Crippen LogP contribution in [0.3, 0.4) is 0 Å². The summed E-state index contributed by atoms with van der Waals surface area (Å²) in [7, 11) is 0. The maximum absolute atomic E-state index is 4.63. The summed E-state index contributed by atoms with van der Waals surface area (Å²) in [5, 5.41) is 3.25. The van der Waals surface area contributed by atoms with Gasteiger partial charge in [-0.25, -0.2) is 15.0 Å². The van der Waals surface area contributed by atoms with Crippen molar-refractivity contribution in [3.8, 4) is 11.5 Å². The molecular formula is C14H18BrN5. The molecule has 20 heavy (non-hydrogen) atoms. The normalized spacial score (nSPS) is 10.8. The Morgan fingerprint density at radius 2 is 2.05 bits per heavy atom. The fourth-order valence-electron chi connectivity index (χ4n) is 1.83. The van der Waals surface area contributed by atoms with Crippen molar-refractivity contribution >= 4 is 21.7 Å². The summed E-state index contributed by atoms with van der Waals surface area (Å²) >= 11 is 3.59. The van der Waals surface area contributed by atoms with E-state index < -0.39 is 0 Å². The minimum Gasteiger partial charge on any atom is -0.369 e. The first-order chi connectivity index (χ1) is 9.61. The van der Waals surface area contributed by atoms with Crippen LogP contribution in [0.25, 0.3) is 11.5 Å². The Balaban J connectivity index is 2.49. The van der Waals surface area contributed by atoms with Gasteiger partial charge < -0.3 is 5.32 Å². The lowest BCUT2D eigenvalue weighted by Gasteiger charge is -2.13. The largest absolute Gasteiger partial charge is 0.369 e. The quantitative estimate of drug-likeness (QED) is 0.907. The van der Waals surface area contributed by atoms with Gasteiger partial charge in [-0.2, -0.15) is 0 Å². The number of nitrogens with one attached hydrogen (secondary N) is 1. The average molecular weight is 336 g/mol. The van der Waals surface area contributed by atoms with Crippen LogP contribution in [0.5, 0.6) is 0 Å². The molecule has 0 aliphatic rings. The molecule has 2 heterocycles. The molecule has 0 radical (unpaired) electrons. The Bertz CT molecular complexity index is 571. The van der Waals surface area contributed by atoms with Gasteiger partial charge in [-0.3, -0.25) is 4.98 Å². The van der Waals surface area contributed by atoms with Gasteiger partial charge in [0.05, 0.1) is 16.4 Å². The second kappa shape index (κ2) is 6.74. The average Bonchev–Trinajstić information content (AvgIpc) is 2.44. The highest BCUT2D eigenvalue weighted by molar-refractivity contribution is 9.10. The number of anilines is 1. The lowest BCUT2D eigenvalue weighted by molar-refractivity contribution is 0.632. The zero-order chi connectivity index (χ0) is 14.5. The van der Waals surface area contributed by atoms with Crippen LogP contribution in [-0.2, 0) is 6.42 Å². The number of nitrogens with zero attached hydrogens (tertiary/aromatic N) is 4. The van der Waals surface area contributed by atoms with Gasteiger partial charge >= 0.3 is 0 Å². The second-order valence-electron chi connectivity index (χ2n) is 4.88. The van der Waals surface area contributed by atoms with E-state index in [-0.39, 0.29) is 0 Å². The summed E-state index contributed by atoms with van der Waals surface area (Å²) in [5.41, 5.74) is 1.68. The Morgan fingerprint density at radius 3 is 2.65 bits per heavy atom. The molecule has 5 nitrogen and oxygen atoms in total. The zero-order valence-corrected chi connectivity index (χ0v) is 13.5. The highest BCUT2D eigenvalue weighted by atomic mass is 79.9. The smallest absolute Gasteiger partial charge is 0.182 e. The fourth-order valence-corrected chi connectivity index (χ4v) is 2.31. The van der Waals surface area contributed by atoms with Crippen LogP contribution in [0, 0.1) is 5.92 Å². The van der Waals surface area contributed by atoms with Crippen molar-refractivity contribution in [1.82, 2.24) is 19.9 Å². The molecule has 0 aliphatic carbocycles. The molecule has 0 aliphatic heterocycles. The van der Waals surface area contributed by atoms with Gasteiger partial charge in [-0.05, 0) is 35.2 Å². The van der Waals surface area contributed by atoms with E-state index in [1.54, 1.807) is 18.6 Å². The number of hydrogen-bond acceptors (Lipinski definition) is 5. The summed E-state index contributed by atoms with van der Waals surface area (Å²) in [4.78, 5) is 17.5. The molecule has 1 N–H and O–H groups in total.